The number of phenols is 1. The Kier molecular flexibility index (Phi) is 3.33. The van der Waals surface area contributed by atoms with Crippen molar-refractivity contribution in [2.24, 2.45) is 0 Å². The van der Waals surface area contributed by atoms with Gasteiger partial charge in [0.05, 0.1) is 16.3 Å². The fourth-order valence-corrected chi connectivity index (χ4v) is 1.62. The van der Waals surface area contributed by atoms with Crippen molar-refractivity contribution in [3.05, 3.63) is 23.8 Å². The van der Waals surface area contributed by atoms with Crippen molar-refractivity contribution in [2.75, 3.05) is 5.88 Å². The Morgan fingerprint density at radius 3 is 2.47 bits per heavy atom. The van der Waals surface area contributed by atoms with Crippen molar-refractivity contribution >= 4 is 27.5 Å². The molecular formula is C8H7ClO5S. The number of carbonyl (C=O) groups is 1. The first-order chi connectivity index (χ1) is 6.86. The summed E-state index contributed by atoms with van der Waals surface area (Å²) in [5.74, 6) is -1.39. The maximum atomic E-state index is 11.1. The topological polar surface area (TPSA) is 91.7 Å². The SMILES string of the molecule is O=C(CCl)c1cc(S(=O)(=O)O)ccc1O. The van der Waals surface area contributed by atoms with Crippen LogP contribution >= 0.6 is 11.6 Å². The van der Waals surface area contributed by atoms with E-state index in [9.17, 15) is 18.3 Å². The summed E-state index contributed by atoms with van der Waals surface area (Å²) in [5.41, 5.74) is -0.236. The zero-order chi connectivity index (χ0) is 11.6. The highest BCUT2D eigenvalue weighted by Gasteiger charge is 2.16. The van der Waals surface area contributed by atoms with E-state index in [0.717, 1.165) is 18.2 Å². The number of aromatic hydroxyl groups is 1. The van der Waals surface area contributed by atoms with E-state index in [0.29, 0.717) is 0 Å². The van der Waals surface area contributed by atoms with E-state index >= 15 is 0 Å². The molecule has 7 heteroatoms. The Morgan fingerprint density at radius 2 is 2.00 bits per heavy atom. The van der Waals surface area contributed by atoms with Crippen molar-refractivity contribution in [1.82, 2.24) is 0 Å². The lowest BCUT2D eigenvalue weighted by Crippen LogP contribution is -2.04. The van der Waals surface area contributed by atoms with Crippen molar-refractivity contribution < 1.29 is 22.9 Å². The van der Waals surface area contributed by atoms with Crippen LogP contribution in [0.15, 0.2) is 23.1 Å². The number of hydrogen-bond donors (Lipinski definition) is 2. The van der Waals surface area contributed by atoms with Crippen LogP contribution in [0.4, 0.5) is 0 Å². The van der Waals surface area contributed by atoms with Crippen LogP contribution in [0.1, 0.15) is 10.4 Å². The molecule has 0 radical (unpaired) electrons. The highest BCUT2D eigenvalue weighted by molar-refractivity contribution is 7.85. The van der Waals surface area contributed by atoms with E-state index in [2.05, 4.69) is 0 Å². The van der Waals surface area contributed by atoms with Gasteiger partial charge in [0.1, 0.15) is 5.75 Å². The Balaban J connectivity index is 3.36. The zero-order valence-electron chi connectivity index (χ0n) is 7.34. The molecule has 2 N–H and O–H groups in total. The average molecular weight is 251 g/mol. The van der Waals surface area contributed by atoms with Gasteiger partial charge in [-0.3, -0.25) is 9.35 Å². The maximum absolute atomic E-state index is 11.1. The molecule has 0 aliphatic rings. The van der Waals surface area contributed by atoms with Crippen LogP contribution in [0.25, 0.3) is 0 Å². The minimum Gasteiger partial charge on any atom is -0.507 e. The average Bonchev–Trinajstić information content (AvgIpc) is 2.15. The predicted molar refractivity (Wildman–Crippen MR) is 53.0 cm³/mol. The third kappa shape index (κ3) is 2.68. The molecule has 0 saturated heterocycles. The number of ketones is 1. The first kappa shape index (κ1) is 12.0. The molecule has 0 spiro atoms. The van der Waals surface area contributed by atoms with Crippen molar-refractivity contribution in [3.8, 4) is 5.75 Å². The molecule has 0 saturated carbocycles. The summed E-state index contributed by atoms with van der Waals surface area (Å²) in [4.78, 5) is 10.7. The number of halogens is 1. The standard InChI is InChI=1S/C8H7ClO5S/c9-4-8(11)6-3-5(15(12,13)14)1-2-7(6)10/h1-3,10H,4H2,(H,12,13,14). The molecule has 0 fully saturated rings. The maximum Gasteiger partial charge on any atom is 0.294 e. The quantitative estimate of drug-likeness (QED) is 0.475. The fraction of sp³-hybridized carbons (Fsp3) is 0.125. The van der Waals surface area contributed by atoms with Crippen LogP contribution in [-0.2, 0) is 10.1 Å². The molecule has 0 aliphatic carbocycles. The molecule has 0 amide bonds. The lowest BCUT2D eigenvalue weighted by molar-refractivity contribution is 0.101. The number of alkyl halides is 1. The Bertz CT molecular complexity index is 494. The summed E-state index contributed by atoms with van der Waals surface area (Å²) >= 11 is 5.25. The summed E-state index contributed by atoms with van der Waals surface area (Å²) in [7, 11) is -4.39. The van der Waals surface area contributed by atoms with Crippen LogP contribution < -0.4 is 0 Å². The van der Waals surface area contributed by atoms with E-state index in [1.54, 1.807) is 0 Å². The summed E-state index contributed by atoms with van der Waals surface area (Å²) in [5, 5.41) is 9.25. The molecular weight excluding hydrogens is 244 g/mol. The predicted octanol–water partition coefficient (Wildman–Crippen LogP) is 1.06. The van der Waals surface area contributed by atoms with Crippen LogP contribution in [0, 0.1) is 0 Å². The molecule has 15 heavy (non-hydrogen) atoms. The first-order valence-corrected chi connectivity index (χ1v) is 5.73. The number of carbonyl (C=O) groups excluding carboxylic acids is 1. The van der Waals surface area contributed by atoms with E-state index in [1.807, 2.05) is 0 Å². The molecule has 0 atom stereocenters. The lowest BCUT2D eigenvalue weighted by Gasteiger charge is -2.03. The Labute approximate surface area is 91.0 Å². The van der Waals surface area contributed by atoms with Crippen molar-refractivity contribution in [1.29, 1.82) is 0 Å². The van der Waals surface area contributed by atoms with Gasteiger partial charge < -0.3 is 5.11 Å². The van der Waals surface area contributed by atoms with Gasteiger partial charge in [-0.1, -0.05) is 0 Å². The Hall–Kier alpha value is -1.11. The molecule has 0 bridgehead atoms. The third-order valence-electron chi connectivity index (χ3n) is 1.69. The Morgan fingerprint density at radius 1 is 1.40 bits per heavy atom. The molecule has 1 rings (SSSR count). The summed E-state index contributed by atoms with van der Waals surface area (Å²) in [6, 6.07) is 2.86. The van der Waals surface area contributed by atoms with Crippen LogP contribution in [0.5, 0.6) is 5.75 Å². The molecule has 0 unspecified atom stereocenters. The number of hydrogen-bond acceptors (Lipinski definition) is 4. The van der Waals surface area contributed by atoms with Crippen LogP contribution in [0.2, 0.25) is 0 Å². The smallest absolute Gasteiger partial charge is 0.294 e. The normalized spacial score (nSPS) is 11.3. The highest BCUT2D eigenvalue weighted by Crippen LogP contribution is 2.21. The number of Topliss-reactive ketones (excluding diaryl/α,β-unsaturated/α-hetero) is 1. The second-order valence-electron chi connectivity index (χ2n) is 2.71. The molecule has 0 aliphatic heterocycles. The minimum atomic E-state index is -4.39. The fourth-order valence-electron chi connectivity index (χ4n) is 0.971. The second-order valence-corrected chi connectivity index (χ2v) is 4.40. The number of benzene rings is 1. The molecule has 1 aromatic rings. The largest absolute Gasteiger partial charge is 0.507 e. The third-order valence-corrected chi connectivity index (χ3v) is 2.78. The summed E-state index contributed by atoms with van der Waals surface area (Å²) in [6.45, 7) is 0. The van der Waals surface area contributed by atoms with Gasteiger partial charge in [-0.25, -0.2) is 0 Å². The molecule has 0 heterocycles. The molecule has 0 aromatic heterocycles. The van der Waals surface area contributed by atoms with Gasteiger partial charge in [0.15, 0.2) is 5.78 Å². The van der Waals surface area contributed by atoms with E-state index in [4.69, 9.17) is 16.2 Å². The molecule has 82 valence electrons. The van der Waals surface area contributed by atoms with E-state index in [-0.39, 0.29) is 17.2 Å². The van der Waals surface area contributed by atoms with Gasteiger partial charge in [-0.05, 0) is 18.2 Å². The number of rotatable bonds is 3. The number of phenolic OH excluding ortho intramolecular Hbond substituents is 1. The zero-order valence-corrected chi connectivity index (χ0v) is 8.92. The lowest BCUT2D eigenvalue weighted by atomic mass is 10.1. The van der Waals surface area contributed by atoms with Gasteiger partial charge in [0, 0.05) is 0 Å². The second kappa shape index (κ2) is 4.18. The summed E-state index contributed by atoms with van der Waals surface area (Å²) in [6.07, 6.45) is 0. The van der Waals surface area contributed by atoms with Gasteiger partial charge in [-0.15, -0.1) is 11.6 Å². The summed E-state index contributed by atoms with van der Waals surface area (Å²) < 4.78 is 30.2. The molecule has 5 nitrogen and oxygen atoms in total. The van der Waals surface area contributed by atoms with Crippen LogP contribution in [0.3, 0.4) is 0 Å². The first-order valence-electron chi connectivity index (χ1n) is 3.76. The van der Waals surface area contributed by atoms with E-state index < -0.39 is 20.8 Å². The van der Waals surface area contributed by atoms with Crippen molar-refractivity contribution in [2.45, 2.75) is 4.90 Å². The van der Waals surface area contributed by atoms with Gasteiger partial charge in [-0.2, -0.15) is 8.42 Å². The highest BCUT2D eigenvalue weighted by atomic mass is 35.5. The van der Waals surface area contributed by atoms with Gasteiger partial charge in [0.2, 0.25) is 0 Å². The van der Waals surface area contributed by atoms with Gasteiger partial charge in [0.25, 0.3) is 10.1 Å². The minimum absolute atomic E-state index is 0.236. The van der Waals surface area contributed by atoms with Crippen molar-refractivity contribution in [3.63, 3.8) is 0 Å². The monoisotopic (exact) mass is 250 g/mol. The van der Waals surface area contributed by atoms with Gasteiger partial charge >= 0.3 is 0 Å². The van der Waals surface area contributed by atoms with E-state index in [1.165, 1.54) is 0 Å². The van der Waals surface area contributed by atoms with Crippen LogP contribution in [-0.4, -0.2) is 29.7 Å². The molecule has 1 aromatic carbocycles.